The summed E-state index contributed by atoms with van der Waals surface area (Å²) >= 11 is 0. The van der Waals surface area contributed by atoms with E-state index >= 15 is 0 Å². The van der Waals surface area contributed by atoms with Crippen LogP contribution in [-0.2, 0) is 20.4 Å². The van der Waals surface area contributed by atoms with Crippen molar-refractivity contribution in [3.05, 3.63) is 35.9 Å². The fraction of sp³-hybridized carbons (Fsp3) is 0.533. The maximum absolute atomic E-state index is 12.0. The number of hydrogen-bond acceptors (Lipinski definition) is 4. The van der Waals surface area contributed by atoms with Crippen LogP contribution >= 0.6 is 10.7 Å². The van der Waals surface area contributed by atoms with Crippen LogP contribution in [-0.4, -0.2) is 38.3 Å². The number of likely N-dealkylation sites (tertiary alicyclic amines) is 1. The molecule has 1 aromatic carbocycles. The van der Waals surface area contributed by atoms with Gasteiger partial charge in [0.15, 0.2) is 0 Å². The van der Waals surface area contributed by atoms with E-state index < -0.39 is 9.05 Å². The molecule has 0 saturated carbocycles. The van der Waals surface area contributed by atoms with E-state index in [2.05, 4.69) is 0 Å². The molecule has 1 saturated heterocycles. The minimum Gasteiger partial charge on any atom is -0.445 e. The molecule has 0 aromatic heterocycles. The summed E-state index contributed by atoms with van der Waals surface area (Å²) in [6.45, 7) is 3.09. The molecule has 122 valence electrons. The molecule has 5 nitrogen and oxygen atoms in total. The van der Waals surface area contributed by atoms with Crippen molar-refractivity contribution in [3.8, 4) is 0 Å². The van der Waals surface area contributed by atoms with E-state index in [1.807, 2.05) is 37.3 Å². The van der Waals surface area contributed by atoms with Crippen LogP contribution in [0.1, 0.15) is 25.3 Å². The molecule has 1 aliphatic rings. The summed E-state index contributed by atoms with van der Waals surface area (Å²) in [6.07, 6.45) is 0.832. The highest BCUT2D eigenvalue weighted by Crippen LogP contribution is 2.33. The van der Waals surface area contributed by atoms with Gasteiger partial charge in [0.1, 0.15) is 6.61 Å². The highest BCUT2D eigenvalue weighted by Gasteiger charge is 2.35. The Morgan fingerprint density at radius 3 is 2.41 bits per heavy atom. The second-order valence-corrected chi connectivity index (χ2v) is 8.80. The molecule has 2 rings (SSSR count). The lowest BCUT2D eigenvalue weighted by Gasteiger charge is -2.38. The number of carbonyl (C=O) groups excluding carboxylic acids is 1. The second kappa shape index (κ2) is 6.87. The molecule has 1 amide bonds. The lowest BCUT2D eigenvalue weighted by atomic mass is 9.82. The molecule has 0 atom stereocenters. The molecule has 1 heterocycles. The van der Waals surface area contributed by atoms with Gasteiger partial charge in [-0.05, 0) is 23.8 Å². The molecule has 0 unspecified atom stereocenters. The van der Waals surface area contributed by atoms with E-state index in [0.717, 1.165) is 5.56 Å². The topological polar surface area (TPSA) is 63.7 Å². The van der Waals surface area contributed by atoms with Crippen LogP contribution in [0.15, 0.2) is 30.3 Å². The zero-order chi connectivity index (χ0) is 16.2. The average molecular weight is 346 g/mol. The molecule has 0 radical (unpaired) electrons. The molecule has 7 heteroatoms. The summed E-state index contributed by atoms with van der Waals surface area (Å²) in [5, 5.41) is 0. The highest BCUT2D eigenvalue weighted by molar-refractivity contribution is 8.13. The van der Waals surface area contributed by atoms with Gasteiger partial charge in [-0.25, -0.2) is 13.2 Å². The molecule has 0 aliphatic carbocycles. The number of nitrogens with zero attached hydrogens (tertiary/aromatic N) is 1. The van der Waals surface area contributed by atoms with Gasteiger partial charge in [-0.1, -0.05) is 37.3 Å². The van der Waals surface area contributed by atoms with Gasteiger partial charge in [0.25, 0.3) is 0 Å². The van der Waals surface area contributed by atoms with Crippen LogP contribution in [0.2, 0.25) is 0 Å². The Kier molecular flexibility index (Phi) is 5.34. The van der Waals surface area contributed by atoms with Gasteiger partial charge in [-0.15, -0.1) is 0 Å². The van der Waals surface area contributed by atoms with E-state index in [1.165, 1.54) is 0 Å². The van der Waals surface area contributed by atoms with Gasteiger partial charge in [-0.2, -0.15) is 0 Å². The van der Waals surface area contributed by atoms with Crippen LogP contribution in [0.5, 0.6) is 0 Å². The van der Waals surface area contributed by atoms with Crippen molar-refractivity contribution in [3.63, 3.8) is 0 Å². The summed E-state index contributed by atoms with van der Waals surface area (Å²) in [4.78, 5) is 13.6. The number of amides is 1. The number of ether oxygens (including phenoxy) is 1. The Balaban J connectivity index is 1.82. The Labute approximate surface area is 135 Å². The minimum absolute atomic E-state index is 0.0611. The summed E-state index contributed by atoms with van der Waals surface area (Å²) in [7, 11) is 1.81. The first-order valence-electron chi connectivity index (χ1n) is 7.15. The van der Waals surface area contributed by atoms with Crippen molar-refractivity contribution in [2.75, 3.05) is 18.8 Å². The van der Waals surface area contributed by atoms with Gasteiger partial charge >= 0.3 is 6.09 Å². The molecule has 1 aliphatic heterocycles. The van der Waals surface area contributed by atoms with Crippen molar-refractivity contribution in [2.24, 2.45) is 5.41 Å². The lowest BCUT2D eigenvalue weighted by Crippen LogP contribution is -2.44. The Bertz CT molecular complexity index is 610. The van der Waals surface area contributed by atoms with Crippen molar-refractivity contribution in [2.45, 2.75) is 26.4 Å². The Morgan fingerprint density at radius 2 is 1.86 bits per heavy atom. The standard InChI is InChI=1S/C15H20ClNO4S/c1-15(12-22(16,19)20)7-9-17(10-8-15)14(18)21-11-13-5-3-2-4-6-13/h2-6H,7-12H2,1H3. The molecule has 1 aromatic rings. The van der Waals surface area contributed by atoms with Gasteiger partial charge in [0.05, 0.1) is 5.75 Å². The van der Waals surface area contributed by atoms with Gasteiger partial charge in [-0.3, -0.25) is 0 Å². The van der Waals surface area contributed by atoms with E-state index in [0.29, 0.717) is 25.9 Å². The van der Waals surface area contributed by atoms with Gasteiger partial charge in [0.2, 0.25) is 9.05 Å². The van der Waals surface area contributed by atoms with Crippen LogP contribution in [0.25, 0.3) is 0 Å². The highest BCUT2D eigenvalue weighted by atomic mass is 35.7. The van der Waals surface area contributed by atoms with E-state index in [1.54, 1.807) is 4.90 Å². The summed E-state index contributed by atoms with van der Waals surface area (Å²) in [6, 6.07) is 9.48. The predicted molar refractivity (Wildman–Crippen MR) is 85.2 cm³/mol. The molecule has 0 bridgehead atoms. The third-order valence-electron chi connectivity index (χ3n) is 3.95. The number of rotatable bonds is 4. The van der Waals surface area contributed by atoms with Crippen molar-refractivity contribution in [1.29, 1.82) is 0 Å². The van der Waals surface area contributed by atoms with E-state index in [-0.39, 0.29) is 23.9 Å². The van der Waals surface area contributed by atoms with Crippen molar-refractivity contribution >= 4 is 25.8 Å². The van der Waals surface area contributed by atoms with Crippen molar-refractivity contribution < 1.29 is 17.9 Å². The predicted octanol–water partition coefficient (Wildman–Crippen LogP) is 2.99. The van der Waals surface area contributed by atoms with Crippen molar-refractivity contribution in [1.82, 2.24) is 4.90 Å². The van der Waals surface area contributed by atoms with Gasteiger partial charge < -0.3 is 9.64 Å². The first-order valence-corrected chi connectivity index (χ1v) is 9.63. The minimum atomic E-state index is -3.53. The zero-order valence-electron chi connectivity index (χ0n) is 12.5. The smallest absolute Gasteiger partial charge is 0.410 e. The summed E-state index contributed by atoms with van der Waals surface area (Å²) in [5.74, 6) is -0.0611. The van der Waals surface area contributed by atoms with Crippen LogP contribution in [0, 0.1) is 5.41 Å². The number of carbonyl (C=O) groups is 1. The van der Waals surface area contributed by atoms with Crippen LogP contribution < -0.4 is 0 Å². The normalized spacial score (nSPS) is 18.0. The number of hydrogen-bond donors (Lipinski definition) is 0. The maximum atomic E-state index is 12.0. The first-order chi connectivity index (χ1) is 10.3. The molecule has 0 N–H and O–H groups in total. The fourth-order valence-corrected chi connectivity index (χ4v) is 4.51. The van der Waals surface area contributed by atoms with Gasteiger partial charge in [0, 0.05) is 23.8 Å². The number of halogens is 1. The van der Waals surface area contributed by atoms with E-state index in [9.17, 15) is 13.2 Å². The SMILES string of the molecule is CC1(CS(=O)(=O)Cl)CCN(C(=O)OCc2ccccc2)CC1. The summed E-state index contributed by atoms with van der Waals surface area (Å²) < 4.78 is 27.8. The Hall–Kier alpha value is -1.27. The van der Waals surface area contributed by atoms with Crippen LogP contribution in [0.3, 0.4) is 0 Å². The molecule has 22 heavy (non-hydrogen) atoms. The number of benzene rings is 1. The average Bonchev–Trinajstić information content (AvgIpc) is 2.44. The molecule has 1 fully saturated rings. The molecule has 0 spiro atoms. The fourth-order valence-electron chi connectivity index (χ4n) is 2.60. The largest absolute Gasteiger partial charge is 0.445 e. The molecular formula is C15H20ClNO4S. The molecular weight excluding hydrogens is 326 g/mol. The maximum Gasteiger partial charge on any atom is 0.410 e. The monoisotopic (exact) mass is 345 g/mol. The Morgan fingerprint density at radius 1 is 1.27 bits per heavy atom. The lowest BCUT2D eigenvalue weighted by molar-refractivity contribution is 0.0712. The quantitative estimate of drug-likeness (QED) is 0.787. The zero-order valence-corrected chi connectivity index (χ0v) is 14.1. The van der Waals surface area contributed by atoms with Crippen LogP contribution in [0.4, 0.5) is 4.79 Å². The van der Waals surface area contributed by atoms with E-state index in [4.69, 9.17) is 15.4 Å². The first kappa shape index (κ1) is 17.1. The second-order valence-electron chi connectivity index (χ2n) is 6.02. The third kappa shape index (κ3) is 5.18. The third-order valence-corrected chi connectivity index (χ3v) is 5.32. The number of piperidine rings is 1. The summed E-state index contributed by atoms with van der Waals surface area (Å²) in [5.41, 5.74) is 0.558.